The fraction of sp³-hybridized carbons (Fsp3) is 0.414. The van der Waals surface area contributed by atoms with Crippen molar-refractivity contribution in [1.82, 2.24) is 15.5 Å². The third-order valence-corrected chi connectivity index (χ3v) is 6.68. The summed E-state index contributed by atoms with van der Waals surface area (Å²) in [7, 11) is 0. The third-order valence-electron chi connectivity index (χ3n) is 6.68. The number of carboxylic acids is 2. The monoisotopic (exact) mass is 553 g/mol. The number of phenolic OH excluding ortho intramolecular Hbond substituents is 1. The predicted octanol–water partition coefficient (Wildman–Crippen LogP) is 2.16. The molecule has 1 aliphatic heterocycles. The van der Waals surface area contributed by atoms with Crippen LogP contribution in [-0.2, 0) is 43.4 Å². The molecule has 3 atom stereocenters. The molecule has 0 fully saturated rings. The molecule has 0 aromatic heterocycles. The molecule has 0 bridgehead atoms. The largest absolute Gasteiger partial charge is 0.508 e. The molecule has 3 rings (SSSR count). The molecule has 3 unspecified atom stereocenters. The van der Waals surface area contributed by atoms with Crippen LogP contribution in [-0.4, -0.2) is 62.0 Å². The summed E-state index contributed by atoms with van der Waals surface area (Å²) in [5, 5.41) is 34.9. The Morgan fingerprint density at radius 2 is 1.45 bits per heavy atom. The molecule has 0 saturated heterocycles. The number of carbonyl (C=O) groups is 5. The maximum atomic E-state index is 13.4. The number of rotatable bonds is 10. The fourth-order valence-corrected chi connectivity index (χ4v) is 4.80. The van der Waals surface area contributed by atoms with Crippen LogP contribution in [0.25, 0.3) is 0 Å². The van der Waals surface area contributed by atoms with Gasteiger partial charge in [0.25, 0.3) is 0 Å². The van der Waals surface area contributed by atoms with Crippen molar-refractivity contribution in [2.75, 3.05) is 0 Å². The van der Waals surface area contributed by atoms with Gasteiger partial charge in [0.2, 0.25) is 17.7 Å². The highest BCUT2D eigenvalue weighted by Crippen LogP contribution is 2.38. The molecular weight excluding hydrogens is 518 g/mol. The Balaban J connectivity index is 1.82. The number of nitrogens with one attached hydrogen (secondary N) is 2. The lowest BCUT2D eigenvalue weighted by atomic mass is 9.91. The van der Waals surface area contributed by atoms with E-state index in [9.17, 15) is 39.3 Å². The summed E-state index contributed by atoms with van der Waals surface area (Å²) in [6.07, 6.45) is -0.126. The Bertz CT molecular complexity index is 1320. The van der Waals surface area contributed by atoms with Crippen molar-refractivity contribution in [3.63, 3.8) is 0 Å². The molecule has 0 radical (unpaired) electrons. The van der Waals surface area contributed by atoms with Crippen molar-refractivity contribution in [2.24, 2.45) is 5.41 Å². The van der Waals surface area contributed by atoms with Crippen molar-refractivity contribution < 1.29 is 39.3 Å². The van der Waals surface area contributed by atoms with Gasteiger partial charge in [-0.15, -0.1) is 0 Å². The molecular formula is C29H35N3O8. The lowest BCUT2D eigenvalue weighted by Crippen LogP contribution is -2.47. The Kier molecular flexibility index (Phi) is 9.18. The van der Waals surface area contributed by atoms with Crippen molar-refractivity contribution in [3.8, 4) is 5.75 Å². The van der Waals surface area contributed by atoms with E-state index in [4.69, 9.17) is 0 Å². The van der Waals surface area contributed by atoms with Crippen LogP contribution in [0.2, 0.25) is 0 Å². The normalized spacial score (nSPS) is 16.0. The number of carboxylic acid groups (broad SMARTS) is 2. The van der Waals surface area contributed by atoms with E-state index in [2.05, 4.69) is 10.6 Å². The van der Waals surface area contributed by atoms with Gasteiger partial charge in [-0.25, -0.2) is 9.59 Å². The number of fused-ring (bicyclic) bond motifs is 1. The van der Waals surface area contributed by atoms with Gasteiger partial charge in [0.15, 0.2) is 0 Å². The smallest absolute Gasteiger partial charge is 0.326 e. The van der Waals surface area contributed by atoms with Gasteiger partial charge in [0, 0.05) is 31.7 Å². The number of hydrogen-bond acceptors (Lipinski definition) is 6. The number of carbonyl (C=O) groups excluding carboxylic acids is 3. The molecule has 0 aliphatic carbocycles. The zero-order valence-corrected chi connectivity index (χ0v) is 22.9. The molecule has 11 nitrogen and oxygen atoms in total. The number of phenols is 1. The summed E-state index contributed by atoms with van der Waals surface area (Å²) in [6, 6.07) is 7.47. The fourth-order valence-electron chi connectivity index (χ4n) is 4.80. The van der Waals surface area contributed by atoms with Crippen molar-refractivity contribution in [3.05, 3.63) is 64.7 Å². The summed E-state index contributed by atoms with van der Waals surface area (Å²) in [5.74, 6) is -4.16. The van der Waals surface area contributed by atoms with Crippen molar-refractivity contribution >= 4 is 29.7 Å². The Labute approximate surface area is 232 Å². The summed E-state index contributed by atoms with van der Waals surface area (Å²) >= 11 is 0. The second kappa shape index (κ2) is 12.2. The van der Waals surface area contributed by atoms with E-state index < -0.39 is 47.8 Å². The van der Waals surface area contributed by atoms with Gasteiger partial charge in [-0.2, -0.15) is 0 Å². The molecule has 5 N–H and O–H groups in total. The van der Waals surface area contributed by atoms with Crippen LogP contribution in [0.3, 0.4) is 0 Å². The molecule has 2 aromatic rings. The molecule has 3 amide bonds. The topological polar surface area (TPSA) is 173 Å². The summed E-state index contributed by atoms with van der Waals surface area (Å²) in [4.78, 5) is 63.4. The average molecular weight is 554 g/mol. The predicted molar refractivity (Wildman–Crippen MR) is 144 cm³/mol. The highest BCUT2D eigenvalue weighted by Gasteiger charge is 2.40. The second-order valence-electron chi connectivity index (χ2n) is 11.2. The van der Waals surface area contributed by atoms with Crippen LogP contribution in [0.5, 0.6) is 5.75 Å². The van der Waals surface area contributed by atoms with E-state index in [0.717, 1.165) is 0 Å². The van der Waals surface area contributed by atoms with E-state index in [1.807, 2.05) is 20.8 Å². The highest BCUT2D eigenvalue weighted by molar-refractivity contribution is 5.92. The number of amides is 3. The SMILES string of the molecule is CC(=O)N1Cc2c(O)cccc2C1C(=O)NC(Cc1ccccc1CC(NC(=O)CC(C)(C)C)C(=O)O)C(=O)O. The molecule has 11 heteroatoms. The van der Waals surface area contributed by atoms with Crippen LogP contribution in [0.15, 0.2) is 42.5 Å². The number of aromatic hydroxyl groups is 1. The van der Waals surface area contributed by atoms with Gasteiger partial charge < -0.3 is 30.9 Å². The lowest BCUT2D eigenvalue weighted by molar-refractivity contribution is -0.144. The van der Waals surface area contributed by atoms with E-state index in [1.54, 1.807) is 36.4 Å². The van der Waals surface area contributed by atoms with E-state index in [0.29, 0.717) is 22.3 Å². The Morgan fingerprint density at radius 3 is 1.95 bits per heavy atom. The lowest BCUT2D eigenvalue weighted by Gasteiger charge is -2.25. The Hall–Kier alpha value is -4.41. The maximum Gasteiger partial charge on any atom is 0.326 e. The quantitative estimate of drug-likeness (QED) is 0.298. The number of hydrogen-bond donors (Lipinski definition) is 5. The van der Waals surface area contributed by atoms with E-state index in [-0.39, 0.29) is 37.0 Å². The molecule has 0 saturated carbocycles. The average Bonchev–Trinajstić information content (AvgIpc) is 3.24. The molecule has 1 aliphatic rings. The summed E-state index contributed by atoms with van der Waals surface area (Å²) < 4.78 is 0. The Morgan fingerprint density at radius 1 is 0.900 bits per heavy atom. The van der Waals surface area contributed by atoms with Gasteiger partial charge in [-0.3, -0.25) is 14.4 Å². The van der Waals surface area contributed by atoms with Gasteiger partial charge in [-0.1, -0.05) is 57.2 Å². The first-order chi connectivity index (χ1) is 18.7. The summed E-state index contributed by atoms with van der Waals surface area (Å²) in [5.41, 5.74) is 1.48. The minimum Gasteiger partial charge on any atom is -0.508 e. The van der Waals surface area contributed by atoms with E-state index >= 15 is 0 Å². The first-order valence-corrected chi connectivity index (χ1v) is 12.9. The van der Waals surface area contributed by atoms with Gasteiger partial charge in [0.1, 0.15) is 23.9 Å². The minimum atomic E-state index is -1.40. The number of aliphatic carboxylic acids is 2. The third kappa shape index (κ3) is 7.37. The van der Waals surface area contributed by atoms with E-state index in [1.165, 1.54) is 17.9 Å². The zero-order valence-electron chi connectivity index (χ0n) is 22.9. The first kappa shape index (κ1) is 30.1. The van der Waals surface area contributed by atoms with Crippen molar-refractivity contribution in [2.45, 2.75) is 71.6 Å². The van der Waals surface area contributed by atoms with Crippen LogP contribution < -0.4 is 10.6 Å². The molecule has 0 spiro atoms. The maximum absolute atomic E-state index is 13.4. The van der Waals surface area contributed by atoms with Crippen LogP contribution in [0.1, 0.15) is 62.4 Å². The highest BCUT2D eigenvalue weighted by atomic mass is 16.4. The molecule has 1 heterocycles. The van der Waals surface area contributed by atoms with Crippen molar-refractivity contribution in [1.29, 1.82) is 0 Å². The minimum absolute atomic E-state index is 0.00745. The second-order valence-corrected chi connectivity index (χ2v) is 11.2. The molecule has 40 heavy (non-hydrogen) atoms. The molecule has 2 aromatic carbocycles. The standard InChI is InChI=1S/C29H35N3O8/c1-16(33)32-15-20-19(10-7-11-23(20)34)25(32)26(36)31-22(28(39)40)13-18-9-6-5-8-17(18)12-21(27(37)38)30-24(35)14-29(2,3)4/h5-11,21-22,25,34H,12-15H2,1-4H3,(H,30,35)(H,31,36)(H,37,38)(H,39,40). The van der Waals surface area contributed by atoms with Crippen LogP contribution >= 0.6 is 0 Å². The van der Waals surface area contributed by atoms with Crippen LogP contribution in [0, 0.1) is 5.41 Å². The number of nitrogens with zero attached hydrogens (tertiary/aromatic N) is 1. The van der Waals surface area contributed by atoms with Gasteiger partial charge in [-0.05, 0) is 28.2 Å². The van der Waals surface area contributed by atoms with Crippen LogP contribution in [0.4, 0.5) is 0 Å². The van der Waals surface area contributed by atoms with Gasteiger partial charge >= 0.3 is 11.9 Å². The molecule has 214 valence electrons. The van der Waals surface area contributed by atoms with Gasteiger partial charge in [0.05, 0.1) is 6.54 Å². The number of benzene rings is 2. The zero-order chi connectivity index (χ0) is 29.8. The summed E-state index contributed by atoms with van der Waals surface area (Å²) in [6.45, 7) is 6.88. The first-order valence-electron chi connectivity index (χ1n) is 12.9.